The SMILES string of the molecule is C=CCN(CC=C)n1ccc2ccccc21. The van der Waals surface area contributed by atoms with Crippen molar-refractivity contribution >= 4 is 10.9 Å². The Bertz CT molecular complexity index is 486. The van der Waals surface area contributed by atoms with E-state index in [2.05, 4.69) is 59.4 Å². The van der Waals surface area contributed by atoms with E-state index in [-0.39, 0.29) is 0 Å². The van der Waals surface area contributed by atoms with Crippen molar-refractivity contribution in [2.24, 2.45) is 0 Å². The monoisotopic (exact) mass is 212 g/mol. The molecule has 2 aromatic rings. The number of para-hydroxylation sites is 1. The van der Waals surface area contributed by atoms with E-state index in [1.807, 2.05) is 12.2 Å². The van der Waals surface area contributed by atoms with Gasteiger partial charge in [0, 0.05) is 11.6 Å². The number of benzene rings is 1. The van der Waals surface area contributed by atoms with Crippen LogP contribution in [0.2, 0.25) is 0 Å². The molecule has 2 rings (SSSR count). The van der Waals surface area contributed by atoms with Gasteiger partial charge in [-0.15, -0.1) is 13.2 Å². The van der Waals surface area contributed by atoms with E-state index in [4.69, 9.17) is 0 Å². The molecule has 0 aliphatic rings. The summed E-state index contributed by atoms with van der Waals surface area (Å²) in [5, 5.41) is 3.43. The summed E-state index contributed by atoms with van der Waals surface area (Å²) < 4.78 is 2.15. The van der Waals surface area contributed by atoms with Gasteiger partial charge in [0.1, 0.15) is 0 Å². The maximum absolute atomic E-state index is 3.78. The lowest BCUT2D eigenvalue weighted by molar-refractivity contribution is 0.682. The van der Waals surface area contributed by atoms with Crippen LogP contribution < -0.4 is 5.01 Å². The van der Waals surface area contributed by atoms with Crippen molar-refractivity contribution < 1.29 is 0 Å². The topological polar surface area (TPSA) is 8.17 Å². The quantitative estimate of drug-likeness (QED) is 0.692. The van der Waals surface area contributed by atoms with Crippen molar-refractivity contribution in [3.63, 3.8) is 0 Å². The second kappa shape index (κ2) is 4.71. The van der Waals surface area contributed by atoms with Crippen molar-refractivity contribution in [3.05, 3.63) is 61.8 Å². The molecule has 0 N–H and O–H groups in total. The highest BCUT2D eigenvalue weighted by atomic mass is 15.5. The normalized spacial score (nSPS) is 10.2. The molecule has 0 spiro atoms. The lowest BCUT2D eigenvalue weighted by Gasteiger charge is -2.24. The molecule has 1 aromatic heterocycles. The first kappa shape index (κ1) is 10.6. The Labute approximate surface area is 96.1 Å². The highest BCUT2D eigenvalue weighted by molar-refractivity contribution is 5.80. The summed E-state index contributed by atoms with van der Waals surface area (Å²) in [6.07, 6.45) is 5.88. The lowest BCUT2D eigenvalue weighted by Crippen LogP contribution is -2.34. The fraction of sp³-hybridized carbons (Fsp3) is 0.143. The largest absolute Gasteiger partial charge is 0.305 e. The molecule has 1 aromatic carbocycles. The molecule has 0 bridgehead atoms. The van der Waals surface area contributed by atoms with Crippen molar-refractivity contribution in [1.29, 1.82) is 0 Å². The minimum atomic E-state index is 0.810. The predicted molar refractivity (Wildman–Crippen MR) is 70.3 cm³/mol. The predicted octanol–water partition coefficient (Wildman–Crippen LogP) is 2.95. The Kier molecular flexibility index (Phi) is 3.10. The Balaban J connectivity index is 2.43. The Morgan fingerprint density at radius 3 is 2.44 bits per heavy atom. The summed E-state index contributed by atoms with van der Waals surface area (Å²) in [6.45, 7) is 9.19. The molecule has 2 nitrogen and oxygen atoms in total. The van der Waals surface area contributed by atoms with Crippen molar-refractivity contribution in [1.82, 2.24) is 4.68 Å². The van der Waals surface area contributed by atoms with Crippen LogP contribution in [0.15, 0.2) is 61.8 Å². The Hall–Kier alpha value is -1.96. The van der Waals surface area contributed by atoms with Crippen LogP contribution in [0.1, 0.15) is 0 Å². The summed E-state index contributed by atoms with van der Waals surface area (Å²) >= 11 is 0. The van der Waals surface area contributed by atoms with Gasteiger partial charge < -0.3 is 5.01 Å². The van der Waals surface area contributed by atoms with Gasteiger partial charge in [-0.3, -0.25) is 4.68 Å². The second-order valence-electron chi connectivity index (χ2n) is 3.67. The summed E-state index contributed by atoms with van der Waals surface area (Å²) in [4.78, 5) is 0. The number of rotatable bonds is 5. The summed E-state index contributed by atoms with van der Waals surface area (Å²) in [5.74, 6) is 0. The van der Waals surface area contributed by atoms with Crippen molar-refractivity contribution in [2.45, 2.75) is 0 Å². The molecular formula is C14H16N2. The van der Waals surface area contributed by atoms with Crippen LogP contribution in [-0.2, 0) is 0 Å². The van der Waals surface area contributed by atoms with E-state index < -0.39 is 0 Å². The fourth-order valence-electron chi connectivity index (χ4n) is 1.86. The zero-order valence-corrected chi connectivity index (χ0v) is 9.34. The minimum Gasteiger partial charge on any atom is -0.305 e. The zero-order valence-electron chi connectivity index (χ0n) is 9.34. The number of hydrogen-bond donors (Lipinski definition) is 0. The van der Waals surface area contributed by atoms with Crippen molar-refractivity contribution in [3.8, 4) is 0 Å². The van der Waals surface area contributed by atoms with Gasteiger partial charge in [0.05, 0.1) is 18.6 Å². The van der Waals surface area contributed by atoms with Gasteiger partial charge in [-0.2, -0.15) is 0 Å². The molecule has 0 radical (unpaired) electrons. The van der Waals surface area contributed by atoms with E-state index in [1.54, 1.807) is 0 Å². The van der Waals surface area contributed by atoms with E-state index in [1.165, 1.54) is 10.9 Å². The van der Waals surface area contributed by atoms with Gasteiger partial charge >= 0.3 is 0 Å². The van der Waals surface area contributed by atoms with Gasteiger partial charge in [-0.1, -0.05) is 30.4 Å². The van der Waals surface area contributed by atoms with Crippen LogP contribution in [0.3, 0.4) is 0 Å². The Morgan fingerprint density at radius 2 is 1.75 bits per heavy atom. The average molecular weight is 212 g/mol. The smallest absolute Gasteiger partial charge is 0.0694 e. The lowest BCUT2D eigenvalue weighted by atomic mass is 10.3. The number of aromatic nitrogens is 1. The van der Waals surface area contributed by atoms with E-state index in [9.17, 15) is 0 Å². The number of fused-ring (bicyclic) bond motifs is 1. The third-order valence-electron chi connectivity index (χ3n) is 2.56. The highest BCUT2D eigenvalue weighted by Gasteiger charge is 2.05. The van der Waals surface area contributed by atoms with Gasteiger partial charge in [0.2, 0.25) is 0 Å². The molecule has 1 heterocycles. The number of nitrogens with zero attached hydrogens (tertiary/aromatic N) is 2. The van der Waals surface area contributed by atoms with Crippen LogP contribution in [0, 0.1) is 0 Å². The zero-order chi connectivity index (χ0) is 11.4. The minimum absolute atomic E-state index is 0.810. The fourth-order valence-corrected chi connectivity index (χ4v) is 1.86. The van der Waals surface area contributed by atoms with Crippen LogP contribution in [-0.4, -0.2) is 17.8 Å². The first-order chi connectivity index (χ1) is 7.86. The molecule has 82 valence electrons. The molecular weight excluding hydrogens is 196 g/mol. The third kappa shape index (κ3) is 1.87. The molecule has 0 aliphatic carbocycles. The van der Waals surface area contributed by atoms with Gasteiger partial charge in [0.25, 0.3) is 0 Å². The highest BCUT2D eigenvalue weighted by Crippen LogP contribution is 2.15. The van der Waals surface area contributed by atoms with Gasteiger partial charge in [-0.25, -0.2) is 0 Å². The molecule has 0 amide bonds. The standard InChI is InChI=1S/C14H16N2/c1-3-10-15(11-4-2)16-12-9-13-7-5-6-8-14(13)16/h3-9,12H,1-2,10-11H2. The average Bonchev–Trinajstić information content (AvgIpc) is 2.72. The van der Waals surface area contributed by atoms with E-state index >= 15 is 0 Å². The molecule has 0 atom stereocenters. The van der Waals surface area contributed by atoms with Crippen LogP contribution in [0.4, 0.5) is 0 Å². The first-order valence-corrected chi connectivity index (χ1v) is 5.40. The number of hydrogen-bond acceptors (Lipinski definition) is 1. The van der Waals surface area contributed by atoms with E-state index in [0.717, 1.165) is 13.1 Å². The molecule has 2 heteroatoms. The van der Waals surface area contributed by atoms with Crippen molar-refractivity contribution in [2.75, 3.05) is 18.1 Å². The first-order valence-electron chi connectivity index (χ1n) is 5.40. The molecule has 0 unspecified atom stereocenters. The Morgan fingerprint density at radius 1 is 1.06 bits per heavy atom. The second-order valence-corrected chi connectivity index (χ2v) is 3.67. The van der Waals surface area contributed by atoms with E-state index in [0.29, 0.717) is 0 Å². The maximum Gasteiger partial charge on any atom is 0.0694 e. The molecule has 16 heavy (non-hydrogen) atoms. The van der Waals surface area contributed by atoms with Gasteiger partial charge in [0.15, 0.2) is 0 Å². The molecule has 0 aliphatic heterocycles. The van der Waals surface area contributed by atoms with Crippen LogP contribution in [0.5, 0.6) is 0 Å². The maximum atomic E-state index is 3.78. The third-order valence-corrected chi connectivity index (χ3v) is 2.56. The summed E-state index contributed by atoms with van der Waals surface area (Å²) in [6, 6.07) is 10.5. The summed E-state index contributed by atoms with van der Waals surface area (Å²) in [7, 11) is 0. The molecule has 0 saturated carbocycles. The van der Waals surface area contributed by atoms with Crippen LogP contribution in [0.25, 0.3) is 10.9 Å². The van der Waals surface area contributed by atoms with Crippen LogP contribution >= 0.6 is 0 Å². The molecule has 0 saturated heterocycles. The molecule has 0 fully saturated rings. The summed E-state index contributed by atoms with van der Waals surface area (Å²) in [5.41, 5.74) is 1.21. The van der Waals surface area contributed by atoms with Gasteiger partial charge in [-0.05, 0) is 12.1 Å².